The molecular weight excluding hydrogens is 377 g/mol. The van der Waals surface area contributed by atoms with Crippen LogP contribution in [0.15, 0.2) is 22.7 Å². The molecule has 1 saturated carbocycles. The number of hydrogen-bond acceptors (Lipinski definition) is 1. The molecule has 2 rings (SSSR count). The van der Waals surface area contributed by atoms with Crippen LogP contribution in [0.3, 0.4) is 0 Å². The highest BCUT2D eigenvalue weighted by Gasteiger charge is 2.33. The van der Waals surface area contributed by atoms with Crippen molar-refractivity contribution >= 4 is 37.8 Å². The molecule has 1 aromatic carbocycles. The SMILES string of the molecule is O=C(NC1(CBr)CCCCC1)c1c(F)cccc1Br. The van der Waals surface area contributed by atoms with Crippen LogP contribution in [0.4, 0.5) is 4.39 Å². The van der Waals surface area contributed by atoms with E-state index in [2.05, 4.69) is 37.2 Å². The van der Waals surface area contributed by atoms with E-state index < -0.39 is 5.82 Å². The van der Waals surface area contributed by atoms with Gasteiger partial charge in [-0.15, -0.1) is 0 Å². The Morgan fingerprint density at radius 2 is 2.00 bits per heavy atom. The monoisotopic (exact) mass is 391 g/mol. The molecule has 0 heterocycles. The molecule has 104 valence electrons. The van der Waals surface area contributed by atoms with E-state index in [-0.39, 0.29) is 17.0 Å². The Balaban J connectivity index is 2.20. The van der Waals surface area contributed by atoms with E-state index in [0.717, 1.165) is 25.7 Å². The Kier molecular flexibility index (Phi) is 5.01. The third-order valence-corrected chi connectivity index (χ3v) is 5.37. The number of halogens is 3. The van der Waals surface area contributed by atoms with Gasteiger partial charge in [-0.25, -0.2) is 4.39 Å². The summed E-state index contributed by atoms with van der Waals surface area (Å²) in [5, 5.41) is 3.73. The number of carbonyl (C=O) groups is 1. The van der Waals surface area contributed by atoms with Crippen molar-refractivity contribution in [2.24, 2.45) is 0 Å². The quantitative estimate of drug-likeness (QED) is 0.758. The summed E-state index contributed by atoms with van der Waals surface area (Å²) in [6, 6.07) is 4.57. The van der Waals surface area contributed by atoms with Crippen molar-refractivity contribution in [3.8, 4) is 0 Å². The molecule has 1 fully saturated rings. The Labute approximate surface area is 129 Å². The fourth-order valence-electron chi connectivity index (χ4n) is 2.54. The molecule has 1 aliphatic carbocycles. The Bertz CT molecular complexity index is 452. The summed E-state index contributed by atoms with van der Waals surface area (Å²) in [5.41, 5.74) is -0.148. The highest BCUT2D eigenvalue weighted by Crippen LogP contribution is 2.31. The summed E-state index contributed by atoms with van der Waals surface area (Å²) in [5.74, 6) is -0.835. The second-order valence-electron chi connectivity index (χ2n) is 5.03. The van der Waals surface area contributed by atoms with Crippen molar-refractivity contribution < 1.29 is 9.18 Å². The van der Waals surface area contributed by atoms with Gasteiger partial charge in [0.1, 0.15) is 5.82 Å². The first-order chi connectivity index (χ1) is 9.08. The molecule has 5 heteroatoms. The third kappa shape index (κ3) is 3.37. The van der Waals surface area contributed by atoms with Crippen LogP contribution in [0.2, 0.25) is 0 Å². The third-order valence-electron chi connectivity index (χ3n) is 3.63. The normalized spacial score (nSPS) is 18.1. The molecule has 1 aromatic rings. The summed E-state index contributed by atoms with van der Waals surface area (Å²) in [4.78, 5) is 12.3. The number of amides is 1. The van der Waals surface area contributed by atoms with Gasteiger partial charge in [-0.3, -0.25) is 4.79 Å². The number of hydrogen-bond donors (Lipinski definition) is 1. The van der Waals surface area contributed by atoms with Crippen LogP contribution in [0.1, 0.15) is 42.5 Å². The van der Waals surface area contributed by atoms with Crippen molar-refractivity contribution in [1.29, 1.82) is 0 Å². The largest absolute Gasteiger partial charge is 0.346 e. The van der Waals surface area contributed by atoms with E-state index in [9.17, 15) is 9.18 Å². The van der Waals surface area contributed by atoms with Crippen LogP contribution in [0.25, 0.3) is 0 Å². The van der Waals surface area contributed by atoms with Gasteiger partial charge in [-0.1, -0.05) is 41.3 Å². The summed E-state index contributed by atoms with van der Waals surface area (Å²) >= 11 is 6.73. The van der Waals surface area contributed by atoms with Gasteiger partial charge in [0, 0.05) is 9.80 Å². The van der Waals surface area contributed by atoms with Crippen LogP contribution in [-0.2, 0) is 0 Å². The van der Waals surface area contributed by atoms with Crippen LogP contribution in [0.5, 0.6) is 0 Å². The minimum Gasteiger partial charge on any atom is -0.346 e. The molecule has 0 atom stereocenters. The summed E-state index contributed by atoms with van der Waals surface area (Å²) in [6.07, 6.45) is 5.29. The standard InChI is InChI=1S/C14H16Br2FNO/c15-9-14(7-2-1-3-8-14)18-13(19)12-10(16)5-4-6-11(12)17/h4-6H,1-3,7-9H2,(H,18,19). The molecule has 0 aliphatic heterocycles. The van der Waals surface area contributed by atoms with Gasteiger partial charge in [0.25, 0.3) is 5.91 Å². The van der Waals surface area contributed by atoms with E-state index in [4.69, 9.17) is 0 Å². The predicted molar refractivity (Wildman–Crippen MR) is 81.2 cm³/mol. The number of rotatable bonds is 3. The number of nitrogens with one attached hydrogen (secondary N) is 1. The Hall–Kier alpha value is -0.420. The van der Waals surface area contributed by atoms with Gasteiger partial charge < -0.3 is 5.32 Å². The van der Waals surface area contributed by atoms with Crippen LogP contribution in [-0.4, -0.2) is 16.8 Å². The van der Waals surface area contributed by atoms with Crippen LogP contribution >= 0.6 is 31.9 Å². The lowest BCUT2D eigenvalue weighted by Gasteiger charge is -2.36. The molecular formula is C14H16Br2FNO. The van der Waals surface area contributed by atoms with Crippen molar-refractivity contribution in [3.63, 3.8) is 0 Å². The molecule has 2 nitrogen and oxygen atoms in total. The molecule has 0 saturated heterocycles. The van der Waals surface area contributed by atoms with Gasteiger partial charge in [-0.2, -0.15) is 0 Å². The topological polar surface area (TPSA) is 29.1 Å². The molecule has 0 bridgehead atoms. The Morgan fingerprint density at radius 1 is 1.32 bits per heavy atom. The summed E-state index contributed by atoms with van der Waals surface area (Å²) in [6.45, 7) is 0. The molecule has 1 N–H and O–H groups in total. The van der Waals surface area contributed by atoms with Gasteiger partial charge in [0.2, 0.25) is 0 Å². The average molecular weight is 393 g/mol. The predicted octanol–water partition coefficient (Wildman–Crippen LogP) is 4.42. The molecule has 1 aliphatic rings. The highest BCUT2D eigenvalue weighted by atomic mass is 79.9. The van der Waals surface area contributed by atoms with Crippen molar-refractivity contribution in [2.75, 3.05) is 5.33 Å². The van der Waals surface area contributed by atoms with Crippen LogP contribution < -0.4 is 5.32 Å². The van der Waals surface area contributed by atoms with E-state index in [1.807, 2.05) is 0 Å². The molecule has 0 radical (unpaired) electrons. The van der Waals surface area contributed by atoms with Crippen LogP contribution in [0, 0.1) is 5.82 Å². The number of alkyl halides is 1. The molecule has 0 unspecified atom stereocenters. The van der Waals surface area contributed by atoms with E-state index in [1.165, 1.54) is 12.5 Å². The average Bonchev–Trinajstić information content (AvgIpc) is 2.39. The molecule has 0 aromatic heterocycles. The van der Waals surface area contributed by atoms with Gasteiger partial charge in [-0.05, 0) is 40.9 Å². The summed E-state index contributed by atoms with van der Waals surface area (Å²) in [7, 11) is 0. The first kappa shape index (κ1) is 15.0. The van der Waals surface area contributed by atoms with Crippen molar-refractivity contribution in [3.05, 3.63) is 34.1 Å². The minimum atomic E-state index is -0.493. The molecule has 0 spiro atoms. The lowest BCUT2D eigenvalue weighted by Crippen LogP contribution is -2.51. The Morgan fingerprint density at radius 3 is 2.58 bits per heavy atom. The van der Waals surface area contributed by atoms with Gasteiger partial charge in [0.05, 0.1) is 11.1 Å². The van der Waals surface area contributed by atoms with E-state index in [1.54, 1.807) is 12.1 Å². The number of carbonyl (C=O) groups excluding carboxylic acids is 1. The maximum absolute atomic E-state index is 13.8. The maximum Gasteiger partial charge on any atom is 0.255 e. The fourth-order valence-corrected chi connectivity index (χ4v) is 3.76. The lowest BCUT2D eigenvalue weighted by atomic mass is 9.83. The van der Waals surface area contributed by atoms with Gasteiger partial charge >= 0.3 is 0 Å². The minimum absolute atomic E-state index is 0.0911. The van der Waals surface area contributed by atoms with E-state index in [0.29, 0.717) is 9.80 Å². The smallest absolute Gasteiger partial charge is 0.255 e. The zero-order chi connectivity index (χ0) is 13.9. The maximum atomic E-state index is 13.8. The second kappa shape index (κ2) is 6.35. The molecule has 19 heavy (non-hydrogen) atoms. The zero-order valence-electron chi connectivity index (χ0n) is 10.5. The highest BCUT2D eigenvalue weighted by molar-refractivity contribution is 9.10. The second-order valence-corrected chi connectivity index (χ2v) is 6.44. The van der Waals surface area contributed by atoms with Crippen molar-refractivity contribution in [1.82, 2.24) is 5.32 Å². The lowest BCUT2D eigenvalue weighted by molar-refractivity contribution is 0.0881. The first-order valence-corrected chi connectivity index (χ1v) is 8.32. The fraction of sp³-hybridized carbons (Fsp3) is 0.500. The first-order valence-electron chi connectivity index (χ1n) is 6.40. The van der Waals surface area contributed by atoms with Gasteiger partial charge in [0.15, 0.2) is 0 Å². The molecule has 1 amide bonds. The van der Waals surface area contributed by atoms with E-state index >= 15 is 0 Å². The summed E-state index contributed by atoms with van der Waals surface area (Å²) < 4.78 is 14.3. The van der Waals surface area contributed by atoms with Crippen molar-refractivity contribution in [2.45, 2.75) is 37.6 Å². The zero-order valence-corrected chi connectivity index (χ0v) is 13.7. The number of benzene rings is 1.